The van der Waals surface area contributed by atoms with Crippen molar-refractivity contribution in [3.05, 3.63) is 34.6 Å². The summed E-state index contributed by atoms with van der Waals surface area (Å²) in [5.41, 5.74) is 0.445. The third kappa shape index (κ3) is 5.54. The van der Waals surface area contributed by atoms with Gasteiger partial charge in [-0.2, -0.15) is 0 Å². The molecule has 0 N–H and O–H groups in total. The minimum atomic E-state index is -2.92. The van der Waals surface area contributed by atoms with Crippen LogP contribution >= 0.6 is 12.2 Å². The number of esters is 1. The van der Waals surface area contributed by atoms with Crippen LogP contribution < -0.4 is 4.90 Å². The molecule has 4 rings (SSSR count). The first kappa shape index (κ1) is 22.9. The maximum absolute atomic E-state index is 11.8. The Balaban J connectivity index is 1.29. The van der Waals surface area contributed by atoms with Crippen molar-refractivity contribution >= 4 is 33.8 Å². The lowest BCUT2D eigenvalue weighted by Crippen LogP contribution is -2.47. The smallest absolute Gasteiger partial charge is 0.339 e. The lowest BCUT2D eigenvalue weighted by molar-refractivity contribution is 0.0526. The molecule has 1 atom stereocenters. The van der Waals surface area contributed by atoms with Crippen LogP contribution in [0.2, 0.25) is 0 Å². The molecule has 0 aliphatic carbocycles. The van der Waals surface area contributed by atoms with Gasteiger partial charge in [0.25, 0.3) is 4.84 Å². The summed E-state index contributed by atoms with van der Waals surface area (Å²) in [5, 5.41) is 4.47. The number of piperazine rings is 1. The van der Waals surface area contributed by atoms with Crippen molar-refractivity contribution in [3.63, 3.8) is 0 Å². The van der Waals surface area contributed by atoms with Crippen molar-refractivity contribution in [2.24, 2.45) is 5.92 Å². The first-order valence-electron chi connectivity index (χ1n) is 10.7. The predicted molar refractivity (Wildman–Crippen MR) is 120 cm³/mol. The molecule has 4 heterocycles. The second-order valence-corrected chi connectivity index (χ2v) is 10.7. The topological polar surface area (TPSA) is 111 Å². The summed E-state index contributed by atoms with van der Waals surface area (Å²) >= 11 is 5.31. The van der Waals surface area contributed by atoms with Gasteiger partial charge in [-0.15, -0.1) is 5.10 Å². The van der Waals surface area contributed by atoms with Crippen LogP contribution in [0.25, 0.3) is 0 Å². The molecular weight excluding hydrogens is 454 g/mol. The van der Waals surface area contributed by atoms with Gasteiger partial charge in [0.15, 0.2) is 9.84 Å². The molecule has 10 nitrogen and oxygen atoms in total. The van der Waals surface area contributed by atoms with Gasteiger partial charge >= 0.3 is 5.97 Å². The fraction of sp³-hybridized carbons (Fsp3) is 0.600. The highest BCUT2D eigenvalue weighted by atomic mass is 32.2. The van der Waals surface area contributed by atoms with Gasteiger partial charge in [0.1, 0.15) is 5.82 Å². The number of anilines is 1. The highest BCUT2D eigenvalue weighted by Gasteiger charge is 2.29. The molecule has 12 heteroatoms. The molecule has 2 aliphatic heterocycles. The third-order valence-corrected chi connectivity index (χ3v) is 7.86. The van der Waals surface area contributed by atoms with E-state index in [4.69, 9.17) is 21.4 Å². The van der Waals surface area contributed by atoms with Crippen LogP contribution in [0, 0.1) is 10.8 Å². The lowest BCUT2D eigenvalue weighted by atomic mass is 10.1. The first-order valence-corrected chi connectivity index (χ1v) is 12.9. The van der Waals surface area contributed by atoms with E-state index < -0.39 is 9.84 Å². The van der Waals surface area contributed by atoms with Crippen LogP contribution in [0.1, 0.15) is 29.6 Å². The van der Waals surface area contributed by atoms with E-state index in [0.717, 1.165) is 32.0 Å². The van der Waals surface area contributed by atoms with Gasteiger partial charge < -0.3 is 14.1 Å². The minimum absolute atomic E-state index is 0.0489. The number of aromatic nitrogens is 3. The SMILES string of the molecule is CCOC(=O)c1ccc(N2CCN(Cn3nc(C[C@@H]4CCS(=O)(=O)C4)oc3=S)CC2)nc1. The second-order valence-electron chi connectivity index (χ2n) is 8.11. The normalized spacial score (nSPS) is 21.0. The van der Waals surface area contributed by atoms with E-state index in [1.54, 1.807) is 23.9 Å². The van der Waals surface area contributed by atoms with Crippen LogP contribution in [-0.2, 0) is 27.7 Å². The summed E-state index contributed by atoms with van der Waals surface area (Å²) in [6.07, 6.45) is 2.69. The van der Waals surface area contributed by atoms with Gasteiger partial charge in [-0.05, 0) is 43.6 Å². The van der Waals surface area contributed by atoms with Gasteiger partial charge in [0.2, 0.25) is 5.89 Å². The van der Waals surface area contributed by atoms with Crippen molar-refractivity contribution in [3.8, 4) is 0 Å². The van der Waals surface area contributed by atoms with Crippen LogP contribution in [-0.4, -0.2) is 78.3 Å². The summed E-state index contributed by atoms with van der Waals surface area (Å²) in [7, 11) is -2.92. The Bertz CT molecular complexity index is 1100. The molecule has 0 amide bonds. The molecule has 174 valence electrons. The van der Waals surface area contributed by atoms with E-state index in [2.05, 4.69) is 19.9 Å². The largest absolute Gasteiger partial charge is 0.462 e. The summed E-state index contributed by atoms with van der Waals surface area (Å²) in [5.74, 6) is 1.44. The molecule has 0 saturated carbocycles. The van der Waals surface area contributed by atoms with Gasteiger partial charge in [-0.1, -0.05) is 0 Å². The fourth-order valence-electron chi connectivity index (χ4n) is 4.02. The molecular formula is C20H27N5O5S2. The van der Waals surface area contributed by atoms with Gasteiger partial charge in [0, 0.05) is 38.8 Å². The number of rotatable bonds is 7. The van der Waals surface area contributed by atoms with Crippen LogP contribution in [0.4, 0.5) is 5.82 Å². The second kappa shape index (κ2) is 9.67. The summed E-state index contributed by atoms with van der Waals surface area (Å²) in [4.78, 5) is 20.9. The zero-order valence-electron chi connectivity index (χ0n) is 18.0. The van der Waals surface area contributed by atoms with Crippen molar-refractivity contribution in [1.82, 2.24) is 19.7 Å². The fourth-order valence-corrected chi connectivity index (χ4v) is 6.07. The highest BCUT2D eigenvalue weighted by molar-refractivity contribution is 7.91. The summed E-state index contributed by atoms with van der Waals surface area (Å²) < 4.78 is 35.6. The number of hydrogen-bond acceptors (Lipinski definition) is 10. The predicted octanol–water partition coefficient (Wildman–Crippen LogP) is 1.53. The maximum Gasteiger partial charge on any atom is 0.339 e. The Morgan fingerprint density at radius 3 is 2.69 bits per heavy atom. The first-order chi connectivity index (χ1) is 15.3. The third-order valence-electron chi connectivity index (χ3n) is 5.73. The van der Waals surface area contributed by atoms with E-state index in [0.29, 0.717) is 42.4 Å². The number of hydrogen-bond donors (Lipinski definition) is 0. The Labute approximate surface area is 192 Å². The standard InChI is InChI=1S/C20H27N5O5S2/c1-2-29-19(26)16-3-4-17(21-12-16)24-8-6-23(7-9-24)14-25-20(31)30-18(22-25)11-15-5-10-32(27,28)13-15/h3-4,12,15H,2,5-11,13-14H2,1H3/t15-/m0/s1. The summed E-state index contributed by atoms with van der Waals surface area (Å²) in [6.45, 7) is 5.79. The number of carbonyl (C=O) groups is 1. The van der Waals surface area contributed by atoms with E-state index in [-0.39, 0.29) is 23.4 Å². The van der Waals surface area contributed by atoms with Crippen molar-refractivity contribution in [1.29, 1.82) is 0 Å². The average molecular weight is 482 g/mol. The molecule has 0 spiro atoms. The highest BCUT2D eigenvalue weighted by Crippen LogP contribution is 2.22. The van der Waals surface area contributed by atoms with E-state index in [9.17, 15) is 13.2 Å². The monoisotopic (exact) mass is 481 g/mol. The van der Waals surface area contributed by atoms with Crippen LogP contribution in [0.15, 0.2) is 22.7 Å². The molecule has 0 bridgehead atoms. The Morgan fingerprint density at radius 1 is 1.28 bits per heavy atom. The zero-order chi connectivity index (χ0) is 22.7. The molecule has 0 unspecified atom stereocenters. The van der Waals surface area contributed by atoms with E-state index >= 15 is 0 Å². The van der Waals surface area contributed by atoms with Crippen LogP contribution in [0.5, 0.6) is 0 Å². The van der Waals surface area contributed by atoms with Crippen LogP contribution in [0.3, 0.4) is 0 Å². The molecule has 0 radical (unpaired) electrons. The molecule has 2 aromatic heterocycles. The lowest BCUT2D eigenvalue weighted by Gasteiger charge is -2.35. The molecule has 2 saturated heterocycles. The van der Waals surface area contributed by atoms with E-state index in [1.165, 1.54) is 0 Å². The maximum atomic E-state index is 11.8. The zero-order valence-corrected chi connectivity index (χ0v) is 19.6. The number of nitrogens with zero attached hydrogens (tertiary/aromatic N) is 5. The molecule has 32 heavy (non-hydrogen) atoms. The van der Waals surface area contributed by atoms with Crippen molar-refractivity contribution in [2.45, 2.75) is 26.4 Å². The van der Waals surface area contributed by atoms with E-state index in [1.807, 2.05) is 6.07 Å². The number of pyridine rings is 1. The number of sulfone groups is 1. The molecule has 2 aromatic rings. The minimum Gasteiger partial charge on any atom is -0.462 e. The Morgan fingerprint density at radius 2 is 2.06 bits per heavy atom. The van der Waals surface area contributed by atoms with Gasteiger partial charge in [-0.3, -0.25) is 4.90 Å². The average Bonchev–Trinajstić information content (AvgIpc) is 3.29. The molecule has 2 fully saturated rings. The van der Waals surface area contributed by atoms with Gasteiger partial charge in [0.05, 0.1) is 30.3 Å². The van der Waals surface area contributed by atoms with Crippen molar-refractivity contribution in [2.75, 3.05) is 49.2 Å². The quantitative estimate of drug-likeness (QED) is 0.426. The molecule has 2 aliphatic rings. The van der Waals surface area contributed by atoms with Gasteiger partial charge in [-0.25, -0.2) is 22.9 Å². The number of ether oxygens (including phenoxy) is 1. The Kier molecular flexibility index (Phi) is 6.91. The van der Waals surface area contributed by atoms with Crippen molar-refractivity contribution < 1.29 is 22.4 Å². The number of carbonyl (C=O) groups excluding carboxylic acids is 1. The molecule has 0 aromatic carbocycles. The summed E-state index contributed by atoms with van der Waals surface area (Å²) in [6, 6.07) is 3.57. The Hall–Kier alpha value is -2.31.